The van der Waals surface area contributed by atoms with Gasteiger partial charge in [0.2, 0.25) is 11.8 Å². The molecule has 1 aliphatic carbocycles. The average Bonchev–Trinajstić information content (AvgIpc) is 3.06. The Hall–Kier alpha value is -1.06. The SMILES string of the molecule is CC(C)CC1NC(=O)CC(C)N(CC2CC2)C1=O. The predicted octanol–water partition coefficient (Wildman–Crippen LogP) is 1.55. The van der Waals surface area contributed by atoms with E-state index in [0.29, 0.717) is 18.3 Å². The van der Waals surface area contributed by atoms with Crippen molar-refractivity contribution in [2.45, 2.75) is 58.5 Å². The van der Waals surface area contributed by atoms with Crippen molar-refractivity contribution < 1.29 is 9.59 Å². The molecule has 0 spiro atoms. The van der Waals surface area contributed by atoms with Gasteiger partial charge in [0.1, 0.15) is 6.04 Å². The summed E-state index contributed by atoms with van der Waals surface area (Å²) in [6.07, 6.45) is 3.63. The number of carbonyl (C=O) groups is 2. The van der Waals surface area contributed by atoms with Crippen molar-refractivity contribution in [2.75, 3.05) is 6.54 Å². The Balaban J connectivity index is 2.09. The molecule has 1 saturated heterocycles. The third-order valence-corrected chi connectivity index (χ3v) is 3.79. The molecule has 0 aromatic carbocycles. The predicted molar refractivity (Wildman–Crippen MR) is 69.9 cm³/mol. The highest BCUT2D eigenvalue weighted by molar-refractivity contribution is 5.90. The maximum atomic E-state index is 12.5. The van der Waals surface area contributed by atoms with E-state index in [9.17, 15) is 9.59 Å². The average molecular weight is 252 g/mol. The van der Waals surface area contributed by atoms with Crippen LogP contribution < -0.4 is 5.32 Å². The lowest BCUT2D eigenvalue weighted by atomic mass is 10.0. The summed E-state index contributed by atoms with van der Waals surface area (Å²) >= 11 is 0. The Morgan fingerprint density at radius 2 is 2.00 bits per heavy atom. The summed E-state index contributed by atoms with van der Waals surface area (Å²) in [4.78, 5) is 26.2. The summed E-state index contributed by atoms with van der Waals surface area (Å²) in [6.45, 7) is 6.99. The molecule has 1 saturated carbocycles. The molecule has 0 bridgehead atoms. The smallest absolute Gasteiger partial charge is 0.245 e. The zero-order valence-corrected chi connectivity index (χ0v) is 11.6. The molecule has 2 unspecified atom stereocenters. The third kappa shape index (κ3) is 3.24. The van der Waals surface area contributed by atoms with E-state index >= 15 is 0 Å². The quantitative estimate of drug-likeness (QED) is 0.825. The molecule has 4 nitrogen and oxygen atoms in total. The molecular weight excluding hydrogens is 228 g/mol. The highest BCUT2D eigenvalue weighted by atomic mass is 16.2. The van der Waals surface area contributed by atoms with E-state index in [4.69, 9.17) is 0 Å². The van der Waals surface area contributed by atoms with E-state index in [1.165, 1.54) is 12.8 Å². The molecule has 2 fully saturated rings. The Bertz CT molecular complexity index is 337. The standard InChI is InChI=1S/C14H24N2O2/c1-9(2)6-12-14(18)16(8-11-4-5-11)10(3)7-13(17)15-12/h9-12H,4-8H2,1-3H3,(H,15,17). The van der Waals surface area contributed by atoms with E-state index in [0.717, 1.165) is 13.0 Å². The Labute approximate surface area is 109 Å². The molecule has 4 heteroatoms. The lowest BCUT2D eigenvalue weighted by Gasteiger charge is -2.29. The van der Waals surface area contributed by atoms with Gasteiger partial charge in [-0.15, -0.1) is 0 Å². The van der Waals surface area contributed by atoms with Gasteiger partial charge in [0.25, 0.3) is 0 Å². The van der Waals surface area contributed by atoms with Gasteiger partial charge >= 0.3 is 0 Å². The number of rotatable bonds is 4. The van der Waals surface area contributed by atoms with Gasteiger partial charge in [-0.05, 0) is 38.0 Å². The Morgan fingerprint density at radius 3 is 2.56 bits per heavy atom. The lowest BCUT2D eigenvalue weighted by Crippen LogP contribution is -2.47. The van der Waals surface area contributed by atoms with Gasteiger partial charge in [0, 0.05) is 19.0 Å². The van der Waals surface area contributed by atoms with Crippen LogP contribution in [-0.4, -0.2) is 35.3 Å². The summed E-state index contributed by atoms with van der Waals surface area (Å²) < 4.78 is 0. The fourth-order valence-corrected chi connectivity index (χ4v) is 2.59. The molecule has 1 N–H and O–H groups in total. The second kappa shape index (κ2) is 5.29. The molecule has 0 aromatic rings. The number of nitrogens with one attached hydrogen (secondary N) is 1. The molecule has 0 radical (unpaired) electrons. The molecule has 18 heavy (non-hydrogen) atoms. The van der Waals surface area contributed by atoms with E-state index in [-0.39, 0.29) is 23.9 Å². The minimum Gasteiger partial charge on any atom is -0.344 e. The Morgan fingerprint density at radius 1 is 1.33 bits per heavy atom. The van der Waals surface area contributed by atoms with Gasteiger partial charge in [0.05, 0.1) is 0 Å². The summed E-state index contributed by atoms with van der Waals surface area (Å²) in [5.74, 6) is 1.22. The number of nitrogens with zero attached hydrogens (tertiary/aromatic N) is 1. The lowest BCUT2D eigenvalue weighted by molar-refractivity contribution is -0.135. The van der Waals surface area contributed by atoms with Crippen molar-refractivity contribution in [3.63, 3.8) is 0 Å². The van der Waals surface area contributed by atoms with Crippen molar-refractivity contribution in [2.24, 2.45) is 11.8 Å². The molecule has 2 rings (SSSR count). The minimum absolute atomic E-state index is 0.0137. The van der Waals surface area contributed by atoms with E-state index in [2.05, 4.69) is 19.2 Å². The number of carbonyl (C=O) groups excluding carboxylic acids is 2. The number of amides is 2. The number of hydrogen-bond donors (Lipinski definition) is 1. The first-order chi connectivity index (χ1) is 8.47. The zero-order chi connectivity index (χ0) is 13.3. The highest BCUT2D eigenvalue weighted by Crippen LogP contribution is 2.31. The summed E-state index contributed by atoms with van der Waals surface area (Å²) in [6, 6.07) is -0.281. The van der Waals surface area contributed by atoms with Crippen LogP contribution in [0.15, 0.2) is 0 Å². The largest absolute Gasteiger partial charge is 0.344 e. The summed E-state index contributed by atoms with van der Waals surface area (Å²) in [5, 5.41) is 2.88. The van der Waals surface area contributed by atoms with Gasteiger partial charge in [-0.25, -0.2) is 0 Å². The number of hydrogen-bond acceptors (Lipinski definition) is 2. The van der Waals surface area contributed by atoms with Crippen molar-refractivity contribution in [3.8, 4) is 0 Å². The van der Waals surface area contributed by atoms with E-state index in [1.54, 1.807) is 0 Å². The molecule has 1 aliphatic heterocycles. The van der Waals surface area contributed by atoms with Gasteiger partial charge in [-0.2, -0.15) is 0 Å². The first-order valence-corrected chi connectivity index (χ1v) is 7.07. The van der Waals surface area contributed by atoms with Crippen LogP contribution in [0.5, 0.6) is 0 Å². The van der Waals surface area contributed by atoms with E-state index < -0.39 is 0 Å². The second-order valence-corrected chi connectivity index (χ2v) is 6.24. The van der Waals surface area contributed by atoms with E-state index in [1.807, 2.05) is 11.8 Å². The van der Waals surface area contributed by atoms with Crippen LogP contribution in [0.4, 0.5) is 0 Å². The van der Waals surface area contributed by atoms with Crippen LogP contribution >= 0.6 is 0 Å². The van der Waals surface area contributed by atoms with Crippen molar-refractivity contribution in [3.05, 3.63) is 0 Å². The van der Waals surface area contributed by atoms with Crippen LogP contribution in [0.3, 0.4) is 0 Å². The van der Waals surface area contributed by atoms with Crippen LogP contribution in [0, 0.1) is 11.8 Å². The zero-order valence-electron chi connectivity index (χ0n) is 11.6. The van der Waals surface area contributed by atoms with Gasteiger partial charge in [-0.1, -0.05) is 13.8 Å². The van der Waals surface area contributed by atoms with Crippen LogP contribution in [0.2, 0.25) is 0 Å². The van der Waals surface area contributed by atoms with Crippen LogP contribution in [-0.2, 0) is 9.59 Å². The third-order valence-electron chi connectivity index (χ3n) is 3.79. The summed E-state index contributed by atoms with van der Waals surface area (Å²) in [5.41, 5.74) is 0. The van der Waals surface area contributed by atoms with Crippen LogP contribution in [0.1, 0.15) is 46.5 Å². The van der Waals surface area contributed by atoms with Crippen molar-refractivity contribution in [1.82, 2.24) is 10.2 Å². The molecule has 0 aromatic heterocycles. The van der Waals surface area contributed by atoms with Gasteiger partial charge < -0.3 is 10.2 Å². The first kappa shape index (κ1) is 13.4. The second-order valence-electron chi connectivity index (χ2n) is 6.24. The molecule has 2 atom stereocenters. The first-order valence-electron chi connectivity index (χ1n) is 7.07. The molecular formula is C14H24N2O2. The van der Waals surface area contributed by atoms with Gasteiger partial charge in [0.15, 0.2) is 0 Å². The van der Waals surface area contributed by atoms with Gasteiger partial charge in [-0.3, -0.25) is 9.59 Å². The van der Waals surface area contributed by atoms with Crippen molar-refractivity contribution in [1.29, 1.82) is 0 Å². The summed E-state index contributed by atoms with van der Waals surface area (Å²) in [7, 11) is 0. The Kier molecular flexibility index (Phi) is 3.93. The fourth-order valence-electron chi connectivity index (χ4n) is 2.59. The minimum atomic E-state index is -0.318. The topological polar surface area (TPSA) is 49.4 Å². The fraction of sp³-hybridized carbons (Fsp3) is 0.857. The van der Waals surface area contributed by atoms with Crippen LogP contribution in [0.25, 0.3) is 0 Å². The molecule has 2 amide bonds. The normalized spacial score (nSPS) is 29.4. The molecule has 1 heterocycles. The van der Waals surface area contributed by atoms with Crippen molar-refractivity contribution >= 4 is 11.8 Å². The highest BCUT2D eigenvalue weighted by Gasteiger charge is 2.36. The maximum Gasteiger partial charge on any atom is 0.245 e. The molecule has 2 aliphatic rings. The molecule has 102 valence electrons. The maximum absolute atomic E-state index is 12.5. The monoisotopic (exact) mass is 252 g/mol.